The zero-order valence-electron chi connectivity index (χ0n) is 13.9. The predicted molar refractivity (Wildman–Crippen MR) is 96.8 cm³/mol. The van der Waals surface area contributed by atoms with Crippen molar-refractivity contribution in [2.45, 2.75) is 44.1 Å². The molecule has 3 heterocycles. The van der Waals surface area contributed by atoms with Crippen LogP contribution in [0.2, 0.25) is 0 Å². The van der Waals surface area contributed by atoms with Gasteiger partial charge in [-0.25, -0.2) is 0 Å². The number of ether oxygens (including phenoxy) is 1. The summed E-state index contributed by atoms with van der Waals surface area (Å²) in [6.45, 7) is 7.27. The molecule has 0 radical (unpaired) electrons. The van der Waals surface area contributed by atoms with Crippen molar-refractivity contribution in [1.82, 2.24) is 15.1 Å². The lowest BCUT2D eigenvalue weighted by molar-refractivity contribution is -0.135. The van der Waals surface area contributed by atoms with Crippen LogP contribution in [0.4, 0.5) is 0 Å². The van der Waals surface area contributed by atoms with Crippen LogP contribution in [-0.2, 0) is 9.53 Å². The highest BCUT2D eigenvalue weighted by molar-refractivity contribution is 5.85. The maximum absolute atomic E-state index is 12.4. The Morgan fingerprint density at radius 3 is 2.22 bits per heavy atom. The van der Waals surface area contributed by atoms with E-state index in [0.29, 0.717) is 12.5 Å². The maximum atomic E-state index is 12.4. The number of amides is 1. The summed E-state index contributed by atoms with van der Waals surface area (Å²) in [6.07, 6.45) is 7.00. The minimum Gasteiger partial charge on any atom is -0.372 e. The van der Waals surface area contributed by atoms with Crippen molar-refractivity contribution in [3.63, 3.8) is 0 Å². The molecule has 3 aliphatic heterocycles. The van der Waals surface area contributed by atoms with Gasteiger partial charge in [-0.05, 0) is 25.7 Å². The molecule has 3 saturated heterocycles. The predicted octanol–water partition coefficient (Wildman–Crippen LogP) is 1.69. The van der Waals surface area contributed by atoms with Gasteiger partial charge in [0.25, 0.3) is 0 Å². The molecule has 0 aromatic rings. The van der Waals surface area contributed by atoms with Gasteiger partial charge in [0.05, 0.1) is 18.8 Å². The second-order valence-corrected chi connectivity index (χ2v) is 6.78. The second-order valence-electron chi connectivity index (χ2n) is 6.78. The second kappa shape index (κ2) is 10.0. The number of piperidine rings is 1. The Bertz CT molecular complexity index is 347. The summed E-state index contributed by atoms with van der Waals surface area (Å²) in [4.78, 5) is 16.8. The van der Waals surface area contributed by atoms with E-state index in [1.54, 1.807) is 0 Å². The molecule has 136 valence electrons. The van der Waals surface area contributed by atoms with E-state index in [-0.39, 0.29) is 30.4 Å². The summed E-state index contributed by atoms with van der Waals surface area (Å²) in [5, 5.41) is 3.44. The SMILES string of the molecule is Cl.Cl.O=C(CN1CCC2(CC1)CNCCO2)N1CCCCCC1. The summed E-state index contributed by atoms with van der Waals surface area (Å²) < 4.78 is 6.01. The zero-order valence-corrected chi connectivity index (χ0v) is 15.6. The minimum absolute atomic E-state index is 0. The van der Waals surface area contributed by atoms with Gasteiger partial charge in [-0.2, -0.15) is 0 Å². The molecule has 0 atom stereocenters. The van der Waals surface area contributed by atoms with Crippen molar-refractivity contribution in [1.29, 1.82) is 0 Å². The molecule has 3 fully saturated rings. The number of carbonyl (C=O) groups excluding carboxylic acids is 1. The van der Waals surface area contributed by atoms with Gasteiger partial charge in [0.2, 0.25) is 5.91 Å². The van der Waals surface area contributed by atoms with E-state index >= 15 is 0 Å². The van der Waals surface area contributed by atoms with Gasteiger partial charge in [-0.1, -0.05) is 12.8 Å². The summed E-state index contributed by atoms with van der Waals surface area (Å²) in [5.74, 6) is 0.329. The van der Waals surface area contributed by atoms with Crippen LogP contribution in [0.3, 0.4) is 0 Å². The smallest absolute Gasteiger partial charge is 0.236 e. The van der Waals surface area contributed by atoms with Crippen LogP contribution in [0.5, 0.6) is 0 Å². The fourth-order valence-electron chi connectivity index (χ4n) is 3.76. The number of hydrogen-bond acceptors (Lipinski definition) is 4. The normalized spacial score (nSPS) is 25.1. The monoisotopic (exact) mass is 367 g/mol. The van der Waals surface area contributed by atoms with Crippen LogP contribution in [0.15, 0.2) is 0 Å². The summed E-state index contributed by atoms with van der Waals surface area (Å²) >= 11 is 0. The minimum atomic E-state index is 0. The van der Waals surface area contributed by atoms with Gasteiger partial charge < -0.3 is 15.0 Å². The summed E-state index contributed by atoms with van der Waals surface area (Å²) in [7, 11) is 0. The third kappa shape index (κ3) is 5.75. The number of nitrogens with zero attached hydrogens (tertiary/aromatic N) is 2. The van der Waals surface area contributed by atoms with Gasteiger partial charge in [0, 0.05) is 39.3 Å². The molecule has 3 aliphatic rings. The van der Waals surface area contributed by atoms with E-state index in [0.717, 1.165) is 58.7 Å². The first-order chi connectivity index (χ1) is 10.3. The molecule has 1 N–H and O–H groups in total. The van der Waals surface area contributed by atoms with Crippen molar-refractivity contribution in [2.75, 3.05) is 52.4 Å². The Kier molecular flexibility index (Phi) is 9.16. The summed E-state index contributed by atoms with van der Waals surface area (Å²) in [5.41, 5.74) is 0.0421. The Labute approximate surface area is 152 Å². The maximum Gasteiger partial charge on any atom is 0.236 e. The molecule has 3 rings (SSSR count). The standard InChI is InChI=1S/C16H29N3O2.2ClH/c20-15(19-8-3-1-2-4-9-19)13-18-10-5-16(6-11-18)14-17-7-12-21-16;;/h17H,1-14H2;2*1H. The molecule has 0 aromatic carbocycles. The number of nitrogens with one attached hydrogen (secondary N) is 1. The molecule has 0 unspecified atom stereocenters. The van der Waals surface area contributed by atoms with Crippen molar-refractivity contribution in [2.24, 2.45) is 0 Å². The van der Waals surface area contributed by atoms with E-state index in [2.05, 4.69) is 15.1 Å². The lowest BCUT2D eigenvalue weighted by atomic mass is 9.90. The molecule has 1 amide bonds. The van der Waals surface area contributed by atoms with Crippen LogP contribution in [-0.4, -0.2) is 73.7 Å². The third-order valence-corrected chi connectivity index (χ3v) is 5.22. The van der Waals surface area contributed by atoms with Crippen molar-refractivity contribution in [3.05, 3.63) is 0 Å². The average molecular weight is 368 g/mol. The number of carbonyl (C=O) groups is 1. The zero-order chi connectivity index (χ0) is 14.5. The number of likely N-dealkylation sites (tertiary alicyclic amines) is 2. The lowest BCUT2D eigenvalue weighted by Crippen LogP contribution is -2.56. The van der Waals surface area contributed by atoms with Gasteiger partial charge in [0.1, 0.15) is 0 Å². The van der Waals surface area contributed by atoms with Crippen LogP contribution in [0.1, 0.15) is 38.5 Å². The number of rotatable bonds is 2. The first-order valence-corrected chi connectivity index (χ1v) is 8.62. The van der Waals surface area contributed by atoms with Gasteiger partial charge >= 0.3 is 0 Å². The Morgan fingerprint density at radius 1 is 1.00 bits per heavy atom. The fraction of sp³-hybridized carbons (Fsp3) is 0.938. The van der Waals surface area contributed by atoms with Gasteiger partial charge in [-0.15, -0.1) is 24.8 Å². The average Bonchev–Trinajstić information content (AvgIpc) is 2.80. The van der Waals surface area contributed by atoms with Gasteiger partial charge in [0.15, 0.2) is 0 Å². The van der Waals surface area contributed by atoms with E-state index in [4.69, 9.17) is 4.74 Å². The Morgan fingerprint density at radius 2 is 1.65 bits per heavy atom. The van der Waals surface area contributed by atoms with E-state index in [1.165, 1.54) is 25.7 Å². The highest BCUT2D eigenvalue weighted by atomic mass is 35.5. The Hall–Kier alpha value is -0.0700. The van der Waals surface area contributed by atoms with Crippen LogP contribution in [0.25, 0.3) is 0 Å². The van der Waals surface area contributed by atoms with E-state index < -0.39 is 0 Å². The van der Waals surface area contributed by atoms with Crippen molar-refractivity contribution < 1.29 is 9.53 Å². The van der Waals surface area contributed by atoms with Gasteiger partial charge in [-0.3, -0.25) is 9.69 Å². The topological polar surface area (TPSA) is 44.8 Å². The highest BCUT2D eigenvalue weighted by Crippen LogP contribution is 2.27. The first kappa shape index (κ1) is 21.0. The molecule has 5 nitrogen and oxygen atoms in total. The molecule has 0 bridgehead atoms. The molecule has 0 saturated carbocycles. The molecule has 0 aromatic heterocycles. The van der Waals surface area contributed by atoms with Crippen molar-refractivity contribution >= 4 is 30.7 Å². The first-order valence-electron chi connectivity index (χ1n) is 8.62. The molecule has 0 aliphatic carbocycles. The van der Waals surface area contributed by atoms with Crippen LogP contribution in [0, 0.1) is 0 Å². The molecule has 7 heteroatoms. The molecular weight excluding hydrogens is 337 g/mol. The van der Waals surface area contributed by atoms with E-state index in [1.807, 2.05) is 0 Å². The Balaban J connectivity index is 0.00000132. The van der Waals surface area contributed by atoms with E-state index in [9.17, 15) is 4.79 Å². The van der Waals surface area contributed by atoms with Crippen molar-refractivity contribution in [3.8, 4) is 0 Å². The molecule has 23 heavy (non-hydrogen) atoms. The third-order valence-electron chi connectivity index (χ3n) is 5.22. The fourth-order valence-corrected chi connectivity index (χ4v) is 3.76. The largest absolute Gasteiger partial charge is 0.372 e. The quantitative estimate of drug-likeness (QED) is 0.806. The molecule has 1 spiro atoms. The number of halogens is 2. The van der Waals surface area contributed by atoms with Crippen LogP contribution < -0.4 is 5.32 Å². The lowest BCUT2D eigenvalue weighted by Gasteiger charge is -2.44. The molecular formula is C16H31Cl2N3O2. The number of morpholine rings is 1. The van der Waals surface area contributed by atoms with Crippen LogP contribution >= 0.6 is 24.8 Å². The summed E-state index contributed by atoms with van der Waals surface area (Å²) in [6, 6.07) is 0. The number of hydrogen-bond donors (Lipinski definition) is 1. The highest BCUT2D eigenvalue weighted by Gasteiger charge is 2.37.